The van der Waals surface area contributed by atoms with Crippen LogP contribution in [0, 0.1) is 0 Å². The molecule has 0 fully saturated rings. The quantitative estimate of drug-likeness (QED) is 0.367. The minimum atomic E-state index is 0. The van der Waals surface area contributed by atoms with E-state index in [4.69, 9.17) is 0 Å². The zero-order valence-electron chi connectivity index (χ0n) is 8.12. The van der Waals surface area contributed by atoms with E-state index in [1.54, 1.807) is 0 Å². The Kier molecular flexibility index (Phi) is 143. The Balaban J connectivity index is 0. The van der Waals surface area contributed by atoms with Crippen LogP contribution in [0.15, 0.2) is 0 Å². The van der Waals surface area contributed by atoms with Crippen molar-refractivity contribution in [3.05, 3.63) is 0 Å². The van der Waals surface area contributed by atoms with Gasteiger partial charge in [-0.3, -0.25) is 0 Å². The van der Waals surface area contributed by atoms with Gasteiger partial charge in [0.25, 0.3) is 0 Å². The summed E-state index contributed by atoms with van der Waals surface area (Å²) in [5.41, 5.74) is 0. The molecule has 0 aliphatic rings. The van der Waals surface area contributed by atoms with Gasteiger partial charge >= 0.3 is 146 Å². The summed E-state index contributed by atoms with van der Waals surface area (Å²) in [6, 6.07) is 0. The molecule has 0 saturated carbocycles. The van der Waals surface area contributed by atoms with E-state index < -0.39 is 0 Å². The van der Waals surface area contributed by atoms with Crippen molar-refractivity contribution >= 4 is 65.0 Å². The Morgan fingerprint density at radius 3 is 1.20 bits per heavy atom. The van der Waals surface area contributed by atoms with Crippen LogP contribution in [-0.4, -0.2) is 65.0 Å². The predicted octanol–water partition coefficient (Wildman–Crippen LogP) is -6.84. The molecule has 16 valence electrons. The summed E-state index contributed by atoms with van der Waals surface area (Å²) >= 11 is 0. The first kappa shape index (κ1) is 31.4. The molecule has 0 atom stereocenters. The maximum Gasteiger partial charge on any atom is 0 e. The minimum absolute atomic E-state index is 0. The van der Waals surface area contributed by atoms with Gasteiger partial charge < -0.3 is 5.71 Å². The maximum absolute atomic E-state index is 0. The molecule has 5 heavy (non-hydrogen) atoms. The van der Waals surface area contributed by atoms with Crippen LogP contribution in [-0.2, 0) is 19.5 Å². The molecule has 0 unspecified atom stereocenters. The zero-order chi connectivity index (χ0) is 0. The molecule has 0 amide bonds. The predicted molar refractivity (Wildman–Crippen MR) is 18.7 cm³/mol. The van der Waals surface area contributed by atoms with E-state index in [1.165, 1.54) is 0 Å². The first-order valence-electron chi connectivity index (χ1n) is 0. The summed E-state index contributed by atoms with van der Waals surface area (Å²) in [5.74, 6) is 0. The van der Waals surface area contributed by atoms with Crippen LogP contribution in [0.3, 0.4) is 0 Å². The first-order valence-corrected chi connectivity index (χ1v) is 0. The molecule has 0 aliphatic carbocycles. The standard InChI is InChI=1S/Ca.K.Na.Pb.Zn.6H/q+2;2*+1;;;;;4*-1. The van der Waals surface area contributed by atoms with E-state index in [1.807, 2.05) is 0 Å². The van der Waals surface area contributed by atoms with Gasteiger partial charge in [0, 0.05) is 19.5 Å². The molecule has 2 radical (unpaired) electrons. The van der Waals surface area contributed by atoms with Crippen molar-refractivity contribution in [2.45, 2.75) is 0 Å². The van der Waals surface area contributed by atoms with Crippen molar-refractivity contribution in [1.29, 1.82) is 0 Å². The fourth-order valence-corrected chi connectivity index (χ4v) is 0. The van der Waals surface area contributed by atoms with Gasteiger partial charge in [0.05, 0.1) is 0 Å². The van der Waals surface area contributed by atoms with Crippen LogP contribution in [0.2, 0.25) is 0 Å². The molecule has 0 aromatic carbocycles. The monoisotopic (exact) mass is 380 g/mol. The number of hydrogen-bond acceptors (Lipinski definition) is 0. The van der Waals surface area contributed by atoms with Gasteiger partial charge in [0.15, 0.2) is 0 Å². The van der Waals surface area contributed by atoms with Crippen molar-refractivity contribution in [2.24, 2.45) is 0 Å². The Labute approximate surface area is 166 Å². The third-order valence-corrected chi connectivity index (χ3v) is 0. The molecule has 0 bridgehead atoms. The molecule has 0 saturated heterocycles. The van der Waals surface area contributed by atoms with Crippen LogP contribution < -0.4 is 80.9 Å². The van der Waals surface area contributed by atoms with E-state index in [-0.39, 0.29) is 171 Å². The fourth-order valence-electron chi connectivity index (χ4n) is 0. The summed E-state index contributed by atoms with van der Waals surface area (Å²) in [6.45, 7) is 0. The molecule has 0 heterocycles. The van der Waals surface area contributed by atoms with Gasteiger partial charge in [-0.15, -0.1) is 0 Å². The van der Waals surface area contributed by atoms with Crippen LogP contribution in [0.25, 0.3) is 0 Å². The molecule has 0 aliphatic heterocycles. The molecule has 5 heteroatoms. The molecule has 0 N–H and O–H groups in total. The molecular formula is H6CaKNaPbZn. The van der Waals surface area contributed by atoms with Crippen molar-refractivity contribution in [3.63, 3.8) is 0 Å². The van der Waals surface area contributed by atoms with Gasteiger partial charge in [0.2, 0.25) is 0 Å². The average molecular weight is 381 g/mol. The van der Waals surface area contributed by atoms with Crippen LogP contribution in [0.4, 0.5) is 0 Å². The summed E-state index contributed by atoms with van der Waals surface area (Å²) in [7, 11) is 0. The minimum Gasteiger partial charge on any atom is 0 e. The largest absolute Gasteiger partial charge is 0 e. The van der Waals surface area contributed by atoms with E-state index in [0.717, 1.165) is 0 Å². The van der Waals surface area contributed by atoms with Gasteiger partial charge in [-0.25, -0.2) is 0 Å². The van der Waals surface area contributed by atoms with E-state index in [0.29, 0.717) is 0 Å². The molecule has 0 rings (SSSR count). The van der Waals surface area contributed by atoms with Crippen molar-refractivity contribution in [2.75, 3.05) is 0 Å². The second kappa shape index (κ2) is 22.7. The normalized spacial score (nSPS) is 0. The topological polar surface area (TPSA) is 0 Å². The Hall–Kier alpha value is 5.44. The van der Waals surface area contributed by atoms with Gasteiger partial charge in [-0.1, -0.05) is 0 Å². The molecular weight excluding hydrogens is 375 g/mol. The van der Waals surface area contributed by atoms with E-state index in [2.05, 4.69) is 0 Å². The Morgan fingerprint density at radius 2 is 1.20 bits per heavy atom. The van der Waals surface area contributed by atoms with Crippen molar-refractivity contribution in [1.82, 2.24) is 0 Å². The summed E-state index contributed by atoms with van der Waals surface area (Å²) in [5, 5.41) is 0. The SMILES string of the molecule is [Ca+2].[H-].[H-].[H-].[H-].[K+].[Na+].[PbH2].[Zn]. The van der Waals surface area contributed by atoms with Crippen molar-refractivity contribution < 1.29 is 106 Å². The zero-order valence-corrected chi connectivity index (χ0v) is 19.9. The summed E-state index contributed by atoms with van der Waals surface area (Å²) < 4.78 is 0. The first-order chi connectivity index (χ1) is 0. The van der Waals surface area contributed by atoms with E-state index in [9.17, 15) is 0 Å². The summed E-state index contributed by atoms with van der Waals surface area (Å²) in [6.07, 6.45) is 0. The van der Waals surface area contributed by atoms with Crippen LogP contribution >= 0.6 is 0 Å². The average Bonchev–Trinajstić information content (AvgIpc) is 0. The molecule has 0 aromatic rings. The molecule has 0 aromatic heterocycles. The number of hydrogen-bond donors (Lipinski definition) is 0. The smallest absolute Gasteiger partial charge is 0 e. The van der Waals surface area contributed by atoms with Crippen LogP contribution in [0.5, 0.6) is 0 Å². The fraction of sp³-hybridized carbons (Fsp3) is 0. The maximum atomic E-state index is 0. The second-order valence-electron chi connectivity index (χ2n) is 0. The van der Waals surface area contributed by atoms with E-state index >= 15 is 0 Å². The Morgan fingerprint density at radius 1 is 1.20 bits per heavy atom. The van der Waals surface area contributed by atoms with Gasteiger partial charge in [-0.05, 0) is 0 Å². The van der Waals surface area contributed by atoms with Gasteiger partial charge in [-0.2, -0.15) is 0 Å². The van der Waals surface area contributed by atoms with Gasteiger partial charge in [0.1, 0.15) is 0 Å². The number of rotatable bonds is 0. The van der Waals surface area contributed by atoms with Crippen molar-refractivity contribution in [3.8, 4) is 0 Å². The third kappa shape index (κ3) is 17.7. The molecule has 0 nitrogen and oxygen atoms in total. The molecule has 0 spiro atoms. The van der Waals surface area contributed by atoms with Crippen LogP contribution in [0.1, 0.15) is 5.71 Å². The third-order valence-electron chi connectivity index (χ3n) is 0. The summed E-state index contributed by atoms with van der Waals surface area (Å²) in [4.78, 5) is 0. The second-order valence-corrected chi connectivity index (χ2v) is 0. The Bertz CT molecular complexity index is 20.5.